The minimum absolute atomic E-state index is 0.200. The van der Waals surface area contributed by atoms with Crippen LogP contribution < -0.4 is 10.1 Å². The highest BCUT2D eigenvalue weighted by Crippen LogP contribution is 2.31. The number of aromatic nitrogens is 5. The molecular weight excluding hydrogens is 439 g/mol. The molecule has 0 aliphatic carbocycles. The van der Waals surface area contributed by atoms with Gasteiger partial charge in [-0.2, -0.15) is 15.3 Å². The summed E-state index contributed by atoms with van der Waals surface area (Å²) in [5, 5.41) is 20.0. The minimum Gasteiger partial charge on any atom is -0.493 e. The average molecular weight is 460 g/mol. The Morgan fingerprint density at radius 3 is 2.97 bits per heavy atom. The van der Waals surface area contributed by atoms with E-state index in [4.69, 9.17) is 4.74 Å². The quantitative estimate of drug-likeness (QED) is 0.417. The van der Waals surface area contributed by atoms with Crippen LogP contribution in [0.5, 0.6) is 5.75 Å². The summed E-state index contributed by atoms with van der Waals surface area (Å²) in [4.78, 5) is 20.0. The van der Waals surface area contributed by atoms with Crippen molar-refractivity contribution in [2.45, 2.75) is 38.9 Å². The third kappa shape index (κ3) is 3.83. The summed E-state index contributed by atoms with van der Waals surface area (Å²) in [6.07, 6.45) is 7.28. The zero-order chi connectivity index (χ0) is 23.9. The van der Waals surface area contributed by atoms with Crippen LogP contribution in [0.3, 0.4) is 0 Å². The van der Waals surface area contributed by atoms with Crippen LogP contribution in [0.4, 0.5) is 10.3 Å². The number of anilines is 1. The van der Waals surface area contributed by atoms with E-state index >= 15 is 0 Å². The van der Waals surface area contributed by atoms with Crippen LogP contribution in [0.15, 0.2) is 42.1 Å². The van der Waals surface area contributed by atoms with E-state index in [2.05, 4.69) is 31.6 Å². The molecule has 11 heteroatoms. The Kier molecular flexibility index (Phi) is 5.20. The van der Waals surface area contributed by atoms with E-state index in [-0.39, 0.29) is 18.1 Å². The van der Waals surface area contributed by atoms with Crippen LogP contribution in [0.2, 0.25) is 0 Å². The fourth-order valence-electron chi connectivity index (χ4n) is 4.05. The van der Waals surface area contributed by atoms with Crippen molar-refractivity contribution >= 4 is 11.6 Å². The van der Waals surface area contributed by atoms with Gasteiger partial charge in [-0.3, -0.25) is 9.08 Å². The molecule has 0 fully saturated rings. The summed E-state index contributed by atoms with van der Waals surface area (Å²) < 4.78 is 23.4. The molecule has 0 unspecified atom stereocenters. The van der Waals surface area contributed by atoms with Crippen LogP contribution in [-0.4, -0.2) is 36.3 Å². The van der Waals surface area contributed by atoms with Gasteiger partial charge in [0.2, 0.25) is 5.95 Å². The number of imidazole rings is 1. The molecule has 0 amide bonds. The lowest BCUT2D eigenvalue weighted by Crippen LogP contribution is -2.23. The van der Waals surface area contributed by atoms with E-state index < -0.39 is 5.54 Å². The summed E-state index contributed by atoms with van der Waals surface area (Å²) in [6.45, 7) is 4.50. The first kappa shape index (κ1) is 21.5. The Bertz CT molecular complexity index is 1450. The van der Waals surface area contributed by atoms with Gasteiger partial charge < -0.3 is 10.1 Å². The molecule has 1 aliphatic heterocycles. The van der Waals surface area contributed by atoms with Crippen molar-refractivity contribution in [3.8, 4) is 22.9 Å². The minimum atomic E-state index is -0.802. The molecule has 1 aliphatic rings. The first-order valence-corrected chi connectivity index (χ1v) is 10.7. The van der Waals surface area contributed by atoms with Crippen molar-refractivity contribution < 1.29 is 9.13 Å². The standard InChI is InChI=1S/C23H21FN8O2/c1-23(2,30-33)13-31-11-14(8-28-31)17-9-26-22(32-12-15(7-25)29-21(17)32)27-10-18-16-5-6-34-20(16)4-3-19(18)24/h3-4,8-9,11-12H,5-6,10,13H2,1-2H3,(H,26,27). The number of nitrogens with zero attached hydrogens (tertiary/aromatic N) is 7. The number of nitroso groups, excluding NO2 is 1. The van der Waals surface area contributed by atoms with Gasteiger partial charge in [0, 0.05) is 47.6 Å². The maximum Gasteiger partial charge on any atom is 0.208 e. The summed E-state index contributed by atoms with van der Waals surface area (Å²) in [5.41, 5.74) is 2.69. The summed E-state index contributed by atoms with van der Waals surface area (Å²) in [5.74, 6) is 0.807. The molecule has 4 aromatic rings. The van der Waals surface area contributed by atoms with Crippen molar-refractivity contribution in [3.05, 3.63) is 64.5 Å². The van der Waals surface area contributed by atoms with Gasteiger partial charge in [-0.05, 0) is 26.0 Å². The zero-order valence-electron chi connectivity index (χ0n) is 18.6. The lowest BCUT2D eigenvalue weighted by Gasteiger charge is -2.14. The molecule has 0 saturated carbocycles. The second kappa shape index (κ2) is 8.22. The van der Waals surface area contributed by atoms with Gasteiger partial charge in [0.25, 0.3) is 0 Å². The predicted molar refractivity (Wildman–Crippen MR) is 122 cm³/mol. The topological polar surface area (TPSA) is 122 Å². The van der Waals surface area contributed by atoms with E-state index in [1.807, 2.05) is 0 Å². The zero-order valence-corrected chi connectivity index (χ0v) is 18.6. The van der Waals surface area contributed by atoms with Gasteiger partial charge in [0.1, 0.15) is 23.2 Å². The third-order valence-corrected chi connectivity index (χ3v) is 5.71. The van der Waals surface area contributed by atoms with Crippen LogP contribution in [0.25, 0.3) is 16.8 Å². The van der Waals surface area contributed by atoms with E-state index in [1.54, 1.807) is 53.8 Å². The van der Waals surface area contributed by atoms with E-state index in [1.165, 1.54) is 6.07 Å². The second-order valence-electron chi connectivity index (χ2n) is 8.71. The Hall–Kier alpha value is -4.33. The highest BCUT2D eigenvalue weighted by molar-refractivity contribution is 5.77. The van der Waals surface area contributed by atoms with E-state index in [0.717, 1.165) is 11.1 Å². The first-order valence-electron chi connectivity index (χ1n) is 10.7. The Morgan fingerprint density at radius 2 is 2.18 bits per heavy atom. The molecule has 10 nitrogen and oxygen atoms in total. The van der Waals surface area contributed by atoms with E-state index in [9.17, 15) is 14.6 Å². The number of nitriles is 1. The number of halogens is 1. The molecule has 3 aromatic heterocycles. The van der Waals surface area contributed by atoms with Gasteiger partial charge in [0.15, 0.2) is 11.3 Å². The normalized spacial score (nSPS) is 12.9. The predicted octanol–water partition coefficient (Wildman–Crippen LogP) is 3.70. The van der Waals surface area contributed by atoms with Gasteiger partial charge >= 0.3 is 0 Å². The van der Waals surface area contributed by atoms with Gasteiger partial charge in [-0.25, -0.2) is 14.4 Å². The molecule has 4 heterocycles. The van der Waals surface area contributed by atoms with Gasteiger partial charge in [0.05, 0.1) is 25.5 Å². The van der Waals surface area contributed by atoms with Crippen molar-refractivity contribution in [1.29, 1.82) is 5.26 Å². The molecule has 34 heavy (non-hydrogen) atoms. The molecule has 0 atom stereocenters. The van der Waals surface area contributed by atoms with Crippen molar-refractivity contribution in [3.63, 3.8) is 0 Å². The lowest BCUT2D eigenvalue weighted by molar-refractivity contribution is 0.356. The number of nitrogens with one attached hydrogen (secondary N) is 1. The molecular formula is C23H21FN8O2. The van der Waals surface area contributed by atoms with Crippen LogP contribution >= 0.6 is 0 Å². The number of hydrogen-bond acceptors (Lipinski definition) is 8. The fourth-order valence-corrected chi connectivity index (χ4v) is 4.05. The molecule has 0 bridgehead atoms. The van der Waals surface area contributed by atoms with Crippen molar-refractivity contribution in [2.24, 2.45) is 5.18 Å². The Balaban J connectivity index is 1.49. The molecule has 0 radical (unpaired) electrons. The summed E-state index contributed by atoms with van der Waals surface area (Å²) in [6, 6.07) is 5.10. The number of fused-ring (bicyclic) bond motifs is 2. The summed E-state index contributed by atoms with van der Waals surface area (Å²) >= 11 is 0. The first-order chi connectivity index (χ1) is 16.4. The molecule has 172 valence electrons. The van der Waals surface area contributed by atoms with Crippen LogP contribution in [-0.2, 0) is 19.5 Å². The number of ether oxygens (including phenoxy) is 1. The summed E-state index contributed by atoms with van der Waals surface area (Å²) in [7, 11) is 0. The monoisotopic (exact) mass is 460 g/mol. The highest BCUT2D eigenvalue weighted by Gasteiger charge is 2.22. The molecule has 0 spiro atoms. The maximum atomic E-state index is 14.5. The molecule has 1 aromatic carbocycles. The van der Waals surface area contributed by atoms with E-state index in [0.29, 0.717) is 48.0 Å². The van der Waals surface area contributed by atoms with Gasteiger partial charge in [-0.15, -0.1) is 0 Å². The number of benzene rings is 1. The smallest absolute Gasteiger partial charge is 0.208 e. The molecule has 0 saturated heterocycles. The maximum absolute atomic E-state index is 14.5. The SMILES string of the molecule is CC(C)(Cn1cc(-c2cnc(NCc3c(F)ccc4c3CCO4)n3cc(C#N)nc23)cn1)N=O. The van der Waals surface area contributed by atoms with Crippen LogP contribution in [0, 0.1) is 22.1 Å². The molecule has 1 N–H and O–H groups in total. The number of hydrogen-bond donors (Lipinski definition) is 1. The highest BCUT2D eigenvalue weighted by atomic mass is 19.1. The third-order valence-electron chi connectivity index (χ3n) is 5.71. The molecule has 5 rings (SSSR count). The average Bonchev–Trinajstić information content (AvgIpc) is 3.57. The second-order valence-corrected chi connectivity index (χ2v) is 8.71. The Morgan fingerprint density at radius 1 is 1.32 bits per heavy atom. The van der Waals surface area contributed by atoms with Crippen molar-refractivity contribution in [1.82, 2.24) is 24.1 Å². The largest absolute Gasteiger partial charge is 0.493 e. The number of rotatable bonds is 7. The lowest BCUT2D eigenvalue weighted by atomic mass is 10.0. The van der Waals surface area contributed by atoms with Gasteiger partial charge in [-0.1, -0.05) is 5.18 Å². The Labute approximate surface area is 194 Å². The van der Waals surface area contributed by atoms with Crippen LogP contribution in [0.1, 0.15) is 30.7 Å². The fraction of sp³-hybridized carbons (Fsp3) is 0.304. The van der Waals surface area contributed by atoms with Crippen molar-refractivity contribution in [2.75, 3.05) is 11.9 Å².